The fourth-order valence-corrected chi connectivity index (χ4v) is 2.75. The molecule has 0 aliphatic carbocycles. The lowest BCUT2D eigenvalue weighted by Crippen LogP contribution is -2.52. The van der Waals surface area contributed by atoms with Crippen LogP contribution >= 0.6 is 0 Å². The molecule has 2 rings (SSSR count). The normalized spacial score (nSPS) is 19.0. The number of piperazine rings is 1. The van der Waals surface area contributed by atoms with Crippen molar-refractivity contribution in [2.45, 2.75) is 26.1 Å². The van der Waals surface area contributed by atoms with Gasteiger partial charge in [-0.2, -0.15) is 0 Å². The van der Waals surface area contributed by atoms with Gasteiger partial charge in [-0.25, -0.2) is 0 Å². The van der Waals surface area contributed by atoms with Crippen molar-refractivity contribution in [3.05, 3.63) is 35.9 Å². The minimum atomic E-state index is -0.481. The first-order valence-electron chi connectivity index (χ1n) is 7.97. The lowest BCUT2D eigenvalue weighted by Gasteiger charge is -2.36. The SMILES string of the molecule is CCO[C@H](C)C(=O)N1CCN(C[C@H](O)c2ccccc2)CC1. The number of β-amino-alcohol motifs (C(OH)–C–C–N with tert-alkyl or cyclic N) is 1. The molecule has 1 saturated heterocycles. The Kier molecular flexibility index (Phi) is 6.36. The van der Waals surface area contributed by atoms with Crippen LogP contribution in [0.3, 0.4) is 0 Å². The highest BCUT2D eigenvalue weighted by Gasteiger charge is 2.26. The van der Waals surface area contributed by atoms with Gasteiger partial charge in [-0.3, -0.25) is 9.69 Å². The van der Waals surface area contributed by atoms with Gasteiger partial charge in [0, 0.05) is 39.3 Å². The standard InChI is InChI=1S/C17H26N2O3/c1-3-22-14(2)17(21)19-11-9-18(10-12-19)13-16(20)15-7-5-4-6-8-15/h4-8,14,16,20H,3,9-13H2,1-2H3/t14-,16+/m1/s1. The van der Waals surface area contributed by atoms with Gasteiger partial charge in [0.1, 0.15) is 6.10 Å². The fourth-order valence-electron chi connectivity index (χ4n) is 2.75. The average molecular weight is 306 g/mol. The topological polar surface area (TPSA) is 53.0 Å². The first kappa shape index (κ1) is 16.9. The molecular weight excluding hydrogens is 280 g/mol. The molecule has 0 bridgehead atoms. The van der Waals surface area contributed by atoms with E-state index < -0.39 is 6.10 Å². The minimum Gasteiger partial charge on any atom is -0.387 e. The van der Waals surface area contributed by atoms with Crippen molar-refractivity contribution in [2.24, 2.45) is 0 Å². The average Bonchev–Trinajstić information content (AvgIpc) is 2.56. The van der Waals surface area contributed by atoms with Crippen LogP contribution in [0.15, 0.2) is 30.3 Å². The van der Waals surface area contributed by atoms with Crippen LogP contribution in [0.4, 0.5) is 0 Å². The summed E-state index contributed by atoms with van der Waals surface area (Å²) in [5.74, 6) is 0.0603. The first-order chi connectivity index (χ1) is 10.6. The summed E-state index contributed by atoms with van der Waals surface area (Å²) in [5, 5.41) is 10.3. The molecule has 0 radical (unpaired) electrons. The van der Waals surface area contributed by atoms with Crippen LogP contribution < -0.4 is 0 Å². The Hall–Kier alpha value is -1.43. The zero-order valence-electron chi connectivity index (χ0n) is 13.4. The Morgan fingerprint density at radius 1 is 1.23 bits per heavy atom. The Balaban J connectivity index is 1.79. The van der Waals surface area contributed by atoms with Gasteiger partial charge in [0.05, 0.1) is 6.10 Å². The first-order valence-corrected chi connectivity index (χ1v) is 7.97. The molecule has 1 N–H and O–H groups in total. The Labute approximate surface area is 132 Å². The smallest absolute Gasteiger partial charge is 0.251 e. The third-order valence-electron chi connectivity index (χ3n) is 4.06. The molecule has 0 spiro atoms. The van der Waals surface area contributed by atoms with Gasteiger partial charge >= 0.3 is 0 Å². The van der Waals surface area contributed by atoms with Gasteiger partial charge in [-0.15, -0.1) is 0 Å². The number of rotatable bonds is 6. The molecular formula is C17H26N2O3. The summed E-state index contributed by atoms with van der Waals surface area (Å²) in [6.07, 6.45) is -0.850. The second-order valence-electron chi connectivity index (χ2n) is 5.65. The third-order valence-corrected chi connectivity index (χ3v) is 4.06. The van der Waals surface area contributed by atoms with Crippen LogP contribution in [0.5, 0.6) is 0 Å². The van der Waals surface area contributed by atoms with E-state index in [4.69, 9.17) is 4.74 Å². The summed E-state index contributed by atoms with van der Waals surface area (Å²) in [4.78, 5) is 16.2. The molecule has 0 unspecified atom stereocenters. The third kappa shape index (κ3) is 4.53. The highest BCUT2D eigenvalue weighted by molar-refractivity contribution is 5.80. The van der Waals surface area contributed by atoms with Crippen LogP contribution in [-0.2, 0) is 9.53 Å². The monoisotopic (exact) mass is 306 g/mol. The summed E-state index contributed by atoms with van der Waals surface area (Å²) in [7, 11) is 0. The van der Waals surface area contributed by atoms with Crippen molar-refractivity contribution in [3.63, 3.8) is 0 Å². The van der Waals surface area contributed by atoms with E-state index in [2.05, 4.69) is 4.90 Å². The molecule has 1 heterocycles. The van der Waals surface area contributed by atoms with E-state index in [-0.39, 0.29) is 12.0 Å². The van der Waals surface area contributed by atoms with Gasteiger partial charge in [-0.1, -0.05) is 30.3 Å². The van der Waals surface area contributed by atoms with E-state index in [1.165, 1.54) is 0 Å². The number of hydrogen-bond acceptors (Lipinski definition) is 4. The largest absolute Gasteiger partial charge is 0.387 e. The van der Waals surface area contributed by atoms with Gasteiger partial charge in [0.15, 0.2) is 0 Å². The molecule has 1 amide bonds. The zero-order chi connectivity index (χ0) is 15.9. The van der Waals surface area contributed by atoms with E-state index in [1.54, 1.807) is 6.92 Å². The molecule has 22 heavy (non-hydrogen) atoms. The van der Waals surface area contributed by atoms with Crippen molar-refractivity contribution in [1.29, 1.82) is 0 Å². The predicted octanol–water partition coefficient (Wildman–Crippen LogP) is 1.29. The quantitative estimate of drug-likeness (QED) is 0.860. The Morgan fingerprint density at radius 2 is 1.86 bits per heavy atom. The second-order valence-corrected chi connectivity index (χ2v) is 5.65. The van der Waals surface area contributed by atoms with Gasteiger partial charge < -0.3 is 14.7 Å². The fraction of sp³-hybridized carbons (Fsp3) is 0.588. The van der Waals surface area contributed by atoms with E-state index in [9.17, 15) is 9.90 Å². The number of aliphatic hydroxyl groups is 1. The van der Waals surface area contributed by atoms with Gasteiger partial charge in [0.2, 0.25) is 0 Å². The lowest BCUT2D eigenvalue weighted by atomic mass is 10.1. The number of nitrogens with zero attached hydrogens (tertiary/aromatic N) is 2. The molecule has 1 aliphatic rings. The summed E-state index contributed by atoms with van der Waals surface area (Å²) in [6, 6.07) is 9.69. The van der Waals surface area contributed by atoms with Crippen LogP contribution in [-0.4, -0.2) is 66.2 Å². The zero-order valence-corrected chi connectivity index (χ0v) is 13.4. The maximum absolute atomic E-state index is 12.2. The molecule has 0 saturated carbocycles. The highest BCUT2D eigenvalue weighted by Crippen LogP contribution is 2.15. The number of benzene rings is 1. The molecule has 1 aromatic carbocycles. The lowest BCUT2D eigenvalue weighted by molar-refractivity contribution is -0.144. The molecule has 122 valence electrons. The summed E-state index contributed by atoms with van der Waals surface area (Å²) < 4.78 is 5.36. The van der Waals surface area contributed by atoms with Crippen LogP contribution in [0.25, 0.3) is 0 Å². The number of amides is 1. The molecule has 5 heteroatoms. The minimum absolute atomic E-state index is 0.0603. The number of hydrogen-bond donors (Lipinski definition) is 1. The number of ether oxygens (including phenoxy) is 1. The van der Waals surface area contributed by atoms with Crippen molar-refractivity contribution < 1.29 is 14.6 Å². The van der Waals surface area contributed by atoms with E-state index >= 15 is 0 Å². The van der Waals surface area contributed by atoms with Crippen molar-refractivity contribution in [2.75, 3.05) is 39.3 Å². The number of carbonyl (C=O) groups excluding carboxylic acids is 1. The van der Waals surface area contributed by atoms with E-state index in [0.717, 1.165) is 18.7 Å². The maximum atomic E-state index is 12.2. The molecule has 0 aromatic heterocycles. The van der Waals surface area contributed by atoms with Gasteiger partial charge in [-0.05, 0) is 19.4 Å². The Bertz CT molecular complexity index is 458. The van der Waals surface area contributed by atoms with Gasteiger partial charge in [0.25, 0.3) is 5.91 Å². The van der Waals surface area contributed by atoms with Crippen molar-refractivity contribution in [1.82, 2.24) is 9.80 Å². The van der Waals surface area contributed by atoms with Crippen LogP contribution in [0.1, 0.15) is 25.5 Å². The highest BCUT2D eigenvalue weighted by atomic mass is 16.5. The van der Waals surface area contributed by atoms with Crippen molar-refractivity contribution in [3.8, 4) is 0 Å². The molecule has 1 fully saturated rings. The molecule has 1 aliphatic heterocycles. The Morgan fingerprint density at radius 3 is 2.45 bits per heavy atom. The number of carbonyl (C=O) groups is 1. The summed E-state index contributed by atoms with van der Waals surface area (Å²) in [6.45, 7) is 7.81. The van der Waals surface area contributed by atoms with E-state index in [0.29, 0.717) is 26.2 Å². The molecule has 1 aromatic rings. The summed E-state index contributed by atoms with van der Waals surface area (Å²) in [5.41, 5.74) is 0.936. The van der Waals surface area contributed by atoms with Crippen LogP contribution in [0.2, 0.25) is 0 Å². The predicted molar refractivity (Wildman–Crippen MR) is 85.5 cm³/mol. The second kappa shape index (κ2) is 8.27. The molecule has 2 atom stereocenters. The molecule has 5 nitrogen and oxygen atoms in total. The van der Waals surface area contributed by atoms with Crippen LogP contribution in [0, 0.1) is 0 Å². The maximum Gasteiger partial charge on any atom is 0.251 e. The van der Waals surface area contributed by atoms with Crippen molar-refractivity contribution >= 4 is 5.91 Å². The summed E-state index contributed by atoms with van der Waals surface area (Å²) >= 11 is 0. The van der Waals surface area contributed by atoms with E-state index in [1.807, 2.05) is 42.2 Å². The number of aliphatic hydroxyl groups excluding tert-OH is 1.